The maximum absolute atomic E-state index is 13.0. The van der Waals surface area contributed by atoms with Gasteiger partial charge in [-0.1, -0.05) is 0 Å². The summed E-state index contributed by atoms with van der Waals surface area (Å²) in [6.45, 7) is 3.85. The molecule has 0 bridgehead atoms. The van der Waals surface area contributed by atoms with Gasteiger partial charge in [0, 0.05) is 30.7 Å². The highest BCUT2D eigenvalue weighted by Gasteiger charge is 2.40. The SMILES string of the molecule is Cc1ccc(OC2CO[C@H]3CN(C(=O)c4cnc5c(c4)CCCC5)C[C@@H]3OC2)cn1. The van der Waals surface area contributed by atoms with Gasteiger partial charge < -0.3 is 19.1 Å². The van der Waals surface area contributed by atoms with E-state index in [4.69, 9.17) is 14.2 Å². The van der Waals surface area contributed by atoms with Crippen LogP contribution in [0.5, 0.6) is 5.75 Å². The van der Waals surface area contributed by atoms with Gasteiger partial charge in [-0.2, -0.15) is 0 Å². The number of fused-ring (bicyclic) bond motifs is 2. The third-order valence-electron chi connectivity index (χ3n) is 6.10. The molecule has 158 valence electrons. The third-order valence-corrected chi connectivity index (χ3v) is 6.10. The normalized spacial score (nSPS) is 24.1. The molecule has 30 heavy (non-hydrogen) atoms. The van der Waals surface area contributed by atoms with Gasteiger partial charge in [-0.05, 0) is 56.4 Å². The Balaban J connectivity index is 1.19. The summed E-state index contributed by atoms with van der Waals surface area (Å²) in [5, 5.41) is 0. The molecule has 0 unspecified atom stereocenters. The van der Waals surface area contributed by atoms with E-state index in [1.54, 1.807) is 12.4 Å². The summed E-state index contributed by atoms with van der Waals surface area (Å²) in [5.41, 5.74) is 3.98. The van der Waals surface area contributed by atoms with E-state index in [2.05, 4.69) is 9.97 Å². The van der Waals surface area contributed by atoms with Gasteiger partial charge in [0.05, 0.1) is 25.0 Å². The minimum absolute atomic E-state index is 0.00896. The zero-order valence-corrected chi connectivity index (χ0v) is 17.3. The quantitative estimate of drug-likeness (QED) is 0.775. The molecule has 2 fully saturated rings. The summed E-state index contributed by atoms with van der Waals surface area (Å²) in [6, 6.07) is 5.85. The molecule has 2 saturated heterocycles. The van der Waals surface area contributed by atoms with Gasteiger partial charge in [-0.15, -0.1) is 0 Å². The Hall–Kier alpha value is -2.51. The van der Waals surface area contributed by atoms with Crippen LogP contribution in [0.3, 0.4) is 0 Å². The molecule has 5 rings (SSSR count). The summed E-state index contributed by atoms with van der Waals surface area (Å²) in [4.78, 5) is 23.7. The molecule has 4 heterocycles. The van der Waals surface area contributed by atoms with Gasteiger partial charge in [0.2, 0.25) is 0 Å². The molecule has 0 aromatic carbocycles. The van der Waals surface area contributed by atoms with Gasteiger partial charge in [-0.3, -0.25) is 14.8 Å². The standard InChI is InChI=1S/C23H27N3O4/c1-15-6-7-18(10-24-15)30-19-13-28-21-11-26(12-22(21)29-14-19)23(27)17-8-16-4-2-3-5-20(16)25-9-17/h6-10,19,21-22H,2-5,11-14H2,1H3/t21-,22-/m0/s1. The first-order valence-electron chi connectivity index (χ1n) is 10.8. The van der Waals surface area contributed by atoms with Crippen molar-refractivity contribution in [1.82, 2.24) is 14.9 Å². The van der Waals surface area contributed by atoms with Crippen LogP contribution in [0.25, 0.3) is 0 Å². The number of aryl methyl sites for hydroxylation is 3. The topological polar surface area (TPSA) is 73.8 Å². The van der Waals surface area contributed by atoms with Crippen LogP contribution >= 0.6 is 0 Å². The molecule has 3 aliphatic rings. The van der Waals surface area contributed by atoms with Gasteiger partial charge in [0.25, 0.3) is 5.91 Å². The second-order valence-electron chi connectivity index (χ2n) is 8.37. The lowest BCUT2D eigenvalue weighted by Crippen LogP contribution is -2.33. The monoisotopic (exact) mass is 409 g/mol. The molecule has 2 aliphatic heterocycles. The van der Waals surface area contributed by atoms with Crippen LogP contribution in [-0.4, -0.2) is 65.4 Å². The van der Waals surface area contributed by atoms with Crippen molar-refractivity contribution in [2.45, 2.75) is 50.9 Å². The van der Waals surface area contributed by atoms with Gasteiger partial charge >= 0.3 is 0 Å². The molecule has 2 atom stereocenters. The van der Waals surface area contributed by atoms with E-state index in [0.717, 1.165) is 24.2 Å². The highest BCUT2D eigenvalue weighted by atomic mass is 16.6. The molecule has 7 nitrogen and oxygen atoms in total. The lowest BCUT2D eigenvalue weighted by Gasteiger charge is -2.20. The van der Waals surface area contributed by atoms with Crippen molar-refractivity contribution in [2.24, 2.45) is 0 Å². The first-order valence-corrected chi connectivity index (χ1v) is 10.8. The number of hydrogen-bond donors (Lipinski definition) is 0. The molecular formula is C23H27N3O4. The van der Waals surface area contributed by atoms with Crippen LogP contribution in [0.2, 0.25) is 0 Å². The van der Waals surface area contributed by atoms with E-state index < -0.39 is 0 Å². The van der Waals surface area contributed by atoms with Crippen LogP contribution in [0.4, 0.5) is 0 Å². The van der Waals surface area contributed by atoms with Crippen molar-refractivity contribution < 1.29 is 19.0 Å². The zero-order chi connectivity index (χ0) is 20.5. The minimum atomic E-state index is -0.186. The van der Waals surface area contributed by atoms with Gasteiger partial charge in [-0.25, -0.2) is 0 Å². The maximum Gasteiger partial charge on any atom is 0.255 e. The first-order chi connectivity index (χ1) is 14.7. The number of carbonyl (C=O) groups excluding carboxylic acids is 1. The summed E-state index contributed by atoms with van der Waals surface area (Å²) in [5.74, 6) is 0.719. The van der Waals surface area contributed by atoms with Gasteiger partial charge in [0.1, 0.15) is 24.1 Å². The number of carbonyl (C=O) groups is 1. The summed E-state index contributed by atoms with van der Waals surface area (Å²) >= 11 is 0. The number of likely N-dealkylation sites (tertiary alicyclic amines) is 1. The highest BCUT2D eigenvalue weighted by molar-refractivity contribution is 5.94. The van der Waals surface area contributed by atoms with E-state index in [0.29, 0.717) is 37.6 Å². The summed E-state index contributed by atoms with van der Waals surface area (Å²) in [7, 11) is 0. The van der Waals surface area contributed by atoms with Crippen molar-refractivity contribution >= 4 is 5.91 Å². The van der Waals surface area contributed by atoms with E-state index in [-0.39, 0.29) is 24.2 Å². The lowest BCUT2D eigenvalue weighted by molar-refractivity contribution is -0.00461. The molecule has 2 aromatic heterocycles. The number of amides is 1. The van der Waals surface area contributed by atoms with E-state index in [9.17, 15) is 4.79 Å². The Labute approximate surface area is 176 Å². The fraction of sp³-hybridized carbons (Fsp3) is 0.522. The molecule has 1 aliphatic carbocycles. The molecule has 7 heteroatoms. The Morgan fingerprint density at radius 1 is 1.07 bits per heavy atom. The largest absolute Gasteiger partial charge is 0.484 e. The number of hydrogen-bond acceptors (Lipinski definition) is 6. The predicted octanol–water partition coefficient (Wildman–Crippen LogP) is 2.35. The van der Waals surface area contributed by atoms with E-state index >= 15 is 0 Å². The lowest BCUT2D eigenvalue weighted by atomic mass is 9.95. The van der Waals surface area contributed by atoms with Crippen LogP contribution in [0, 0.1) is 6.92 Å². The summed E-state index contributed by atoms with van der Waals surface area (Å²) in [6.07, 6.45) is 7.37. The van der Waals surface area contributed by atoms with Crippen LogP contribution in [0.15, 0.2) is 30.6 Å². The van der Waals surface area contributed by atoms with Crippen molar-refractivity contribution in [2.75, 3.05) is 26.3 Å². The molecule has 2 aromatic rings. The minimum Gasteiger partial charge on any atom is -0.484 e. The smallest absolute Gasteiger partial charge is 0.255 e. The Morgan fingerprint density at radius 2 is 1.83 bits per heavy atom. The third kappa shape index (κ3) is 4.04. The Kier molecular flexibility index (Phi) is 5.39. The molecule has 0 N–H and O–H groups in total. The van der Waals surface area contributed by atoms with Crippen molar-refractivity contribution in [3.63, 3.8) is 0 Å². The summed E-state index contributed by atoms with van der Waals surface area (Å²) < 4.78 is 18.1. The van der Waals surface area contributed by atoms with Crippen LogP contribution in [0.1, 0.15) is 40.2 Å². The number of ether oxygens (including phenoxy) is 3. The van der Waals surface area contributed by atoms with Crippen molar-refractivity contribution in [3.8, 4) is 5.75 Å². The number of nitrogens with zero attached hydrogens (tertiary/aromatic N) is 3. The predicted molar refractivity (Wildman–Crippen MR) is 110 cm³/mol. The number of rotatable bonds is 3. The molecule has 0 saturated carbocycles. The second kappa shape index (κ2) is 8.32. The first kappa shape index (κ1) is 19.5. The number of pyridine rings is 2. The molecule has 1 amide bonds. The van der Waals surface area contributed by atoms with Crippen molar-refractivity contribution in [3.05, 3.63) is 53.1 Å². The average molecular weight is 409 g/mol. The van der Waals surface area contributed by atoms with Crippen molar-refractivity contribution in [1.29, 1.82) is 0 Å². The Morgan fingerprint density at radius 3 is 2.57 bits per heavy atom. The highest BCUT2D eigenvalue weighted by Crippen LogP contribution is 2.25. The molecule has 0 spiro atoms. The zero-order valence-electron chi connectivity index (χ0n) is 17.3. The van der Waals surface area contributed by atoms with E-state index in [1.165, 1.54) is 18.4 Å². The Bertz CT molecular complexity index is 901. The number of aromatic nitrogens is 2. The van der Waals surface area contributed by atoms with E-state index in [1.807, 2.05) is 30.0 Å². The van der Waals surface area contributed by atoms with Crippen LogP contribution < -0.4 is 4.74 Å². The maximum atomic E-state index is 13.0. The van der Waals surface area contributed by atoms with Crippen LogP contribution in [-0.2, 0) is 22.3 Å². The van der Waals surface area contributed by atoms with Gasteiger partial charge in [0.15, 0.2) is 0 Å². The fourth-order valence-corrected chi connectivity index (χ4v) is 4.41. The molecular weight excluding hydrogens is 382 g/mol. The molecule has 0 radical (unpaired) electrons. The fourth-order valence-electron chi connectivity index (χ4n) is 4.41. The second-order valence-corrected chi connectivity index (χ2v) is 8.37. The average Bonchev–Trinajstić information content (AvgIpc) is 3.10.